The normalized spacial score (nSPS) is 16.8. The molecule has 1 aliphatic rings. The predicted molar refractivity (Wildman–Crippen MR) is 68.8 cm³/mol. The van der Waals surface area contributed by atoms with Gasteiger partial charge in [-0.1, -0.05) is 12.8 Å². The molecule has 1 saturated carbocycles. The molecule has 1 heterocycles. The van der Waals surface area contributed by atoms with E-state index in [1.807, 2.05) is 11.5 Å². The second-order valence-corrected chi connectivity index (χ2v) is 5.00. The summed E-state index contributed by atoms with van der Waals surface area (Å²) in [5.74, 6) is 0.810. The van der Waals surface area contributed by atoms with Crippen LogP contribution in [0.25, 0.3) is 0 Å². The van der Waals surface area contributed by atoms with Gasteiger partial charge in [-0.15, -0.1) is 0 Å². The third kappa shape index (κ3) is 3.02. The van der Waals surface area contributed by atoms with E-state index in [0.29, 0.717) is 11.4 Å². The highest BCUT2D eigenvalue weighted by molar-refractivity contribution is 5.94. The smallest absolute Gasteiger partial charge is 0.268 e. The van der Waals surface area contributed by atoms with Crippen LogP contribution in [0.1, 0.15) is 43.6 Å². The lowest BCUT2D eigenvalue weighted by atomic mass is 10.1. The standard InChI is InChI=1S/C13H21N3O/c1-3-16-8-11(14)7-12(16)13(17)15-9(2)6-10-4-5-10/h7-10H,3-6,14H2,1-2H3,(H,15,17). The van der Waals surface area contributed by atoms with Crippen LogP contribution >= 0.6 is 0 Å². The highest BCUT2D eigenvalue weighted by Gasteiger charge is 2.24. The molecule has 1 unspecified atom stereocenters. The van der Waals surface area contributed by atoms with Crippen LogP contribution in [0.3, 0.4) is 0 Å². The summed E-state index contributed by atoms with van der Waals surface area (Å²) in [6, 6.07) is 1.99. The molecule has 0 bridgehead atoms. The Bertz CT molecular complexity index is 407. The molecular formula is C13H21N3O. The fourth-order valence-corrected chi connectivity index (χ4v) is 2.20. The molecule has 1 fully saturated rings. The zero-order valence-electron chi connectivity index (χ0n) is 10.6. The van der Waals surface area contributed by atoms with Crippen LogP contribution in [0.15, 0.2) is 12.3 Å². The van der Waals surface area contributed by atoms with Crippen molar-refractivity contribution >= 4 is 11.6 Å². The van der Waals surface area contributed by atoms with Gasteiger partial charge in [-0.2, -0.15) is 0 Å². The lowest BCUT2D eigenvalue weighted by Crippen LogP contribution is -2.34. The van der Waals surface area contributed by atoms with Crippen molar-refractivity contribution in [1.82, 2.24) is 9.88 Å². The van der Waals surface area contributed by atoms with Crippen molar-refractivity contribution in [2.75, 3.05) is 5.73 Å². The number of nitrogens with two attached hydrogens (primary N) is 1. The lowest BCUT2D eigenvalue weighted by molar-refractivity contribution is 0.0928. The molecule has 1 amide bonds. The van der Waals surface area contributed by atoms with E-state index in [-0.39, 0.29) is 11.9 Å². The number of hydrogen-bond acceptors (Lipinski definition) is 2. The van der Waals surface area contributed by atoms with Crippen LogP contribution < -0.4 is 11.1 Å². The molecular weight excluding hydrogens is 214 g/mol. The minimum atomic E-state index is -0.0169. The van der Waals surface area contributed by atoms with E-state index in [9.17, 15) is 4.79 Å². The van der Waals surface area contributed by atoms with Gasteiger partial charge in [0.25, 0.3) is 5.91 Å². The predicted octanol–water partition coefficient (Wildman–Crippen LogP) is 2.01. The SMILES string of the molecule is CCn1cc(N)cc1C(=O)NC(C)CC1CC1. The van der Waals surface area contributed by atoms with Gasteiger partial charge in [0.1, 0.15) is 5.69 Å². The molecule has 0 aromatic carbocycles. The summed E-state index contributed by atoms with van der Waals surface area (Å²) in [4.78, 5) is 12.1. The molecule has 0 radical (unpaired) electrons. The number of nitrogens with zero attached hydrogens (tertiary/aromatic N) is 1. The van der Waals surface area contributed by atoms with Gasteiger partial charge in [0.15, 0.2) is 0 Å². The third-order valence-electron chi connectivity index (χ3n) is 3.25. The third-order valence-corrected chi connectivity index (χ3v) is 3.25. The Balaban J connectivity index is 1.97. The maximum absolute atomic E-state index is 12.1. The van der Waals surface area contributed by atoms with Crippen LogP contribution in [0.4, 0.5) is 5.69 Å². The molecule has 2 rings (SSSR count). The van der Waals surface area contributed by atoms with Crippen molar-refractivity contribution in [3.63, 3.8) is 0 Å². The zero-order valence-corrected chi connectivity index (χ0v) is 10.6. The number of carbonyl (C=O) groups excluding carboxylic acids is 1. The Morgan fingerprint density at radius 3 is 2.94 bits per heavy atom. The van der Waals surface area contributed by atoms with Crippen molar-refractivity contribution in [1.29, 1.82) is 0 Å². The van der Waals surface area contributed by atoms with Crippen LogP contribution in [0, 0.1) is 5.92 Å². The molecule has 0 aliphatic heterocycles. The summed E-state index contributed by atoms with van der Waals surface area (Å²) in [6.07, 6.45) is 5.53. The topological polar surface area (TPSA) is 60.0 Å². The maximum Gasteiger partial charge on any atom is 0.268 e. The first-order chi connectivity index (χ1) is 8.10. The van der Waals surface area contributed by atoms with Crippen molar-refractivity contribution in [2.45, 2.75) is 45.7 Å². The second-order valence-electron chi connectivity index (χ2n) is 5.00. The average molecular weight is 235 g/mol. The molecule has 1 aliphatic carbocycles. The highest BCUT2D eigenvalue weighted by atomic mass is 16.2. The number of amides is 1. The van der Waals surface area contributed by atoms with Crippen LogP contribution in [-0.2, 0) is 6.54 Å². The zero-order chi connectivity index (χ0) is 12.4. The Morgan fingerprint density at radius 2 is 2.35 bits per heavy atom. The molecule has 4 heteroatoms. The minimum absolute atomic E-state index is 0.0169. The van der Waals surface area contributed by atoms with E-state index >= 15 is 0 Å². The molecule has 94 valence electrons. The molecule has 1 atom stereocenters. The summed E-state index contributed by atoms with van der Waals surface area (Å²) in [7, 11) is 0. The summed E-state index contributed by atoms with van der Waals surface area (Å²) in [5.41, 5.74) is 7.02. The first-order valence-corrected chi connectivity index (χ1v) is 6.36. The molecule has 1 aromatic heterocycles. The van der Waals surface area contributed by atoms with E-state index < -0.39 is 0 Å². The fraction of sp³-hybridized carbons (Fsp3) is 0.615. The van der Waals surface area contributed by atoms with Crippen molar-refractivity contribution in [3.8, 4) is 0 Å². The fourth-order valence-electron chi connectivity index (χ4n) is 2.20. The van der Waals surface area contributed by atoms with Crippen molar-refractivity contribution in [2.24, 2.45) is 5.92 Å². The van der Waals surface area contributed by atoms with Gasteiger partial charge in [0.05, 0.1) is 5.69 Å². The van der Waals surface area contributed by atoms with Crippen molar-refractivity contribution in [3.05, 3.63) is 18.0 Å². The van der Waals surface area contributed by atoms with Crippen molar-refractivity contribution < 1.29 is 4.79 Å². The number of anilines is 1. The van der Waals surface area contributed by atoms with Gasteiger partial charge in [-0.05, 0) is 32.3 Å². The van der Waals surface area contributed by atoms with Gasteiger partial charge in [-0.3, -0.25) is 4.79 Å². The number of nitrogens with one attached hydrogen (secondary N) is 1. The second kappa shape index (κ2) is 4.82. The quantitative estimate of drug-likeness (QED) is 0.820. The number of carbonyl (C=O) groups is 1. The first kappa shape index (κ1) is 12.0. The Kier molecular flexibility index (Phi) is 3.41. The van der Waals surface area contributed by atoms with E-state index in [1.165, 1.54) is 12.8 Å². The van der Waals surface area contributed by atoms with E-state index in [1.54, 1.807) is 12.3 Å². The monoisotopic (exact) mass is 235 g/mol. The molecule has 0 saturated heterocycles. The summed E-state index contributed by atoms with van der Waals surface area (Å²) in [5, 5.41) is 3.04. The van der Waals surface area contributed by atoms with Gasteiger partial charge < -0.3 is 15.6 Å². The Labute approximate surface area is 102 Å². The van der Waals surface area contributed by atoms with Gasteiger partial charge >= 0.3 is 0 Å². The molecule has 1 aromatic rings. The lowest BCUT2D eigenvalue weighted by Gasteiger charge is -2.14. The largest absolute Gasteiger partial charge is 0.397 e. The van der Waals surface area contributed by atoms with Gasteiger partial charge in [0, 0.05) is 18.8 Å². The number of rotatable bonds is 5. The Morgan fingerprint density at radius 1 is 1.65 bits per heavy atom. The molecule has 0 spiro atoms. The highest BCUT2D eigenvalue weighted by Crippen LogP contribution is 2.33. The summed E-state index contributed by atoms with van der Waals surface area (Å²) in [6.45, 7) is 4.83. The molecule has 17 heavy (non-hydrogen) atoms. The van der Waals surface area contributed by atoms with Gasteiger partial charge in [0.2, 0.25) is 0 Å². The molecule has 3 N–H and O–H groups in total. The molecule has 4 nitrogen and oxygen atoms in total. The number of aromatic nitrogens is 1. The Hall–Kier alpha value is -1.45. The van der Waals surface area contributed by atoms with E-state index in [0.717, 1.165) is 18.9 Å². The first-order valence-electron chi connectivity index (χ1n) is 6.36. The average Bonchev–Trinajstić information content (AvgIpc) is 2.98. The minimum Gasteiger partial charge on any atom is -0.397 e. The summed E-state index contributed by atoms with van der Waals surface area (Å²) >= 11 is 0. The van der Waals surface area contributed by atoms with E-state index in [2.05, 4.69) is 12.2 Å². The van der Waals surface area contributed by atoms with Crippen LogP contribution in [-0.4, -0.2) is 16.5 Å². The number of aryl methyl sites for hydroxylation is 1. The van der Waals surface area contributed by atoms with Crippen LogP contribution in [0.2, 0.25) is 0 Å². The number of nitrogen functional groups attached to an aromatic ring is 1. The van der Waals surface area contributed by atoms with Gasteiger partial charge in [-0.25, -0.2) is 0 Å². The number of hydrogen-bond donors (Lipinski definition) is 2. The summed E-state index contributed by atoms with van der Waals surface area (Å²) < 4.78 is 1.88. The van der Waals surface area contributed by atoms with E-state index in [4.69, 9.17) is 5.73 Å². The van der Waals surface area contributed by atoms with Crippen LogP contribution in [0.5, 0.6) is 0 Å². The maximum atomic E-state index is 12.1.